The maximum absolute atomic E-state index is 13.5. The zero-order valence-corrected chi connectivity index (χ0v) is 20.0. The first-order chi connectivity index (χ1) is 15.5. The number of nitrogens with one attached hydrogen (secondary N) is 1. The van der Waals surface area contributed by atoms with Crippen molar-refractivity contribution in [2.75, 3.05) is 59.5 Å². The molecule has 1 aliphatic carbocycles. The van der Waals surface area contributed by atoms with Crippen LogP contribution in [0.4, 0.5) is 4.79 Å². The number of hydrogen-bond acceptors (Lipinski definition) is 6. The van der Waals surface area contributed by atoms with Gasteiger partial charge in [0.15, 0.2) is 5.79 Å². The highest BCUT2D eigenvalue weighted by Crippen LogP contribution is 2.45. The molecule has 3 heterocycles. The van der Waals surface area contributed by atoms with Crippen molar-refractivity contribution < 1.29 is 20.5 Å². The zero-order valence-electron chi connectivity index (χ0n) is 20.0. The summed E-state index contributed by atoms with van der Waals surface area (Å²) >= 11 is 0. The van der Waals surface area contributed by atoms with E-state index in [0.717, 1.165) is 58.3 Å². The van der Waals surface area contributed by atoms with Gasteiger partial charge in [0.05, 0.1) is 19.1 Å². The predicted molar refractivity (Wildman–Crippen MR) is 124 cm³/mol. The minimum atomic E-state index is -0.443. The van der Waals surface area contributed by atoms with E-state index in [0.29, 0.717) is 38.3 Å². The first-order valence-corrected chi connectivity index (χ1v) is 12.8. The highest BCUT2D eigenvalue weighted by atomic mass is 16.7. The lowest BCUT2D eigenvalue weighted by molar-refractivity contribution is -0.202. The standard InChI is InChI=1S/C24H42N4O4.H2/c1-3-10-28(23(30)25-9-13-27-11-5-4-6-12-27)22(29)20-16-19-17-24(31-14-15-32-24)8-7-21(19)26(2)18-20;/h19-21H,3-18H2,1-2H3,(H,25,30);1H/t19-,20-,21-;/m1./s1. The van der Waals surface area contributed by atoms with E-state index < -0.39 is 5.79 Å². The summed E-state index contributed by atoms with van der Waals surface area (Å²) in [5.74, 6) is -0.264. The van der Waals surface area contributed by atoms with Gasteiger partial charge in [-0.25, -0.2) is 4.79 Å². The molecule has 0 aromatic rings. The fraction of sp³-hybridized carbons (Fsp3) is 0.917. The van der Waals surface area contributed by atoms with Crippen LogP contribution in [0.15, 0.2) is 0 Å². The molecule has 4 fully saturated rings. The number of imide groups is 1. The van der Waals surface area contributed by atoms with E-state index in [1.165, 1.54) is 24.2 Å². The number of ether oxygens (including phenoxy) is 2. The summed E-state index contributed by atoms with van der Waals surface area (Å²) < 4.78 is 12.0. The molecule has 0 radical (unpaired) electrons. The molecule has 0 aromatic carbocycles. The number of amides is 3. The molecule has 1 N–H and O–H groups in total. The van der Waals surface area contributed by atoms with Gasteiger partial charge in [0, 0.05) is 46.5 Å². The highest BCUT2D eigenvalue weighted by Gasteiger charge is 2.49. The molecule has 1 spiro atoms. The minimum Gasteiger partial charge on any atom is -0.348 e. The van der Waals surface area contributed by atoms with Crippen LogP contribution in [0, 0.1) is 11.8 Å². The Morgan fingerprint density at radius 2 is 1.94 bits per heavy atom. The predicted octanol–water partition coefficient (Wildman–Crippen LogP) is 2.53. The molecule has 3 saturated heterocycles. The fourth-order valence-corrected chi connectivity index (χ4v) is 6.28. The van der Waals surface area contributed by atoms with Gasteiger partial charge in [0.1, 0.15) is 0 Å². The van der Waals surface area contributed by atoms with Crippen LogP contribution in [0.2, 0.25) is 0 Å². The largest absolute Gasteiger partial charge is 0.348 e. The van der Waals surface area contributed by atoms with Crippen LogP contribution in [0.3, 0.4) is 0 Å². The lowest BCUT2D eigenvalue weighted by atomic mass is 9.72. The van der Waals surface area contributed by atoms with Crippen LogP contribution in [0.25, 0.3) is 0 Å². The average Bonchev–Trinajstić information content (AvgIpc) is 3.24. The van der Waals surface area contributed by atoms with Gasteiger partial charge in [0.2, 0.25) is 5.91 Å². The SMILES string of the molecule is CCCN(C(=O)NCCN1CCCCC1)C(=O)[C@@H]1C[C@@H]2CC3(CC[C@H]2N(C)C1)OCCO3.[HH]. The quantitative estimate of drug-likeness (QED) is 0.668. The maximum atomic E-state index is 13.5. The third-order valence-electron chi connectivity index (χ3n) is 7.87. The first kappa shape index (κ1) is 23.9. The monoisotopic (exact) mass is 452 g/mol. The van der Waals surface area contributed by atoms with Crippen LogP contribution in [-0.2, 0) is 14.3 Å². The van der Waals surface area contributed by atoms with Gasteiger partial charge in [-0.2, -0.15) is 0 Å². The van der Waals surface area contributed by atoms with Crippen LogP contribution < -0.4 is 5.32 Å². The fourth-order valence-electron chi connectivity index (χ4n) is 6.28. The van der Waals surface area contributed by atoms with Gasteiger partial charge in [-0.15, -0.1) is 0 Å². The van der Waals surface area contributed by atoms with E-state index >= 15 is 0 Å². The molecule has 32 heavy (non-hydrogen) atoms. The summed E-state index contributed by atoms with van der Waals surface area (Å²) in [5, 5.41) is 3.01. The van der Waals surface area contributed by atoms with E-state index in [1.807, 2.05) is 6.92 Å². The Morgan fingerprint density at radius 3 is 2.66 bits per heavy atom. The van der Waals surface area contributed by atoms with E-state index in [-0.39, 0.29) is 19.3 Å². The molecule has 0 aromatic heterocycles. The summed E-state index contributed by atoms with van der Waals surface area (Å²) in [6, 6.07) is 0.233. The number of rotatable bonds is 6. The number of urea groups is 1. The van der Waals surface area contributed by atoms with Crippen molar-refractivity contribution in [1.82, 2.24) is 20.0 Å². The Labute approximate surface area is 194 Å². The molecule has 3 amide bonds. The van der Waals surface area contributed by atoms with Crippen molar-refractivity contribution in [2.45, 2.75) is 70.1 Å². The van der Waals surface area contributed by atoms with Gasteiger partial charge in [-0.1, -0.05) is 13.3 Å². The molecule has 1 saturated carbocycles. The molecular formula is C24H44N4O4. The number of carbonyl (C=O) groups excluding carboxylic acids is 2. The van der Waals surface area contributed by atoms with Crippen molar-refractivity contribution in [1.29, 1.82) is 0 Å². The summed E-state index contributed by atoms with van der Waals surface area (Å²) in [5.41, 5.74) is 0. The lowest BCUT2D eigenvalue weighted by Crippen LogP contribution is -2.57. The molecule has 8 heteroatoms. The van der Waals surface area contributed by atoms with Gasteiger partial charge < -0.3 is 24.6 Å². The second kappa shape index (κ2) is 10.8. The molecule has 4 rings (SSSR count). The smallest absolute Gasteiger partial charge is 0.324 e. The number of likely N-dealkylation sites (tertiary alicyclic amines) is 2. The molecule has 0 bridgehead atoms. The Morgan fingerprint density at radius 1 is 1.19 bits per heavy atom. The normalized spacial score (nSPS) is 30.8. The van der Waals surface area contributed by atoms with Crippen molar-refractivity contribution in [2.24, 2.45) is 11.8 Å². The van der Waals surface area contributed by atoms with E-state index in [2.05, 4.69) is 22.2 Å². The number of fused-ring (bicyclic) bond motifs is 1. The molecule has 3 aliphatic heterocycles. The molecule has 8 nitrogen and oxygen atoms in total. The molecular weight excluding hydrogens is 408 g/mol. The van der Waals surface area contributed by atoms with E-state index in [9.17, 15) is 9.59 Å². The van der Waals surface area contributed by atoms with Crippen molar-refractivity contribution >= 4 is 11.9 Å². The summed E-state index contributed by atoms with van der Waals surface area (Å²) in [6.45, 7) is 8.21. The minimum absolute atomic E-state index is 0. The van der Waals surface area contributed by atoms with Crippen LogP contribution in [0.1, 0.15) is 59.7 Å². The van der Waals surface area contributed by atoms with Crippen LogP contribution in [0.5, 0.6) is 0 Å². The Balaban J connectivity index is 0.00000306. The topological polar surface area (TPSA) is 74.4 Å². The maximum Gasteiger partial charge on any atom is 0.324 e. The summed E-state index contributed by atoms with van der Waals surface area (Å²) in [4.78, 5) is 32.6. The van der Waals surface area contributed by atoms with Gasteiger partial charge in [-0.3, -0.25) is 9.69 Å². The third kappa shape index (κ3) is 5.46. The number of carbonyl (C=O) groups is 2. The molecule has 4 aliphatic rings. The van der Waals surface area contributed by atoms with Gasteiger partial charge in [-0.05, 0) is 58.2 Å². The Hall–Kier alpha value is -1.22. The van der Waals surface area contributed by atoms with Crippen molar-refractivity contribution in [3.8, 4) is 0 Å². The van der Waals surface area contributed by atoms with Gasteiger partial charge in [0.25, 0.3) is 0 Å². The van der Waals surface area contributed by atoms with Crippen molar-refractivity contribution in [3.63, 3.8) is 0 Å². The number of nitrogens with zero attached hydrogens (tertiary/aromatic N) is 3. The average molecular weight is 453 g/mol. The number of piperidine rings is 2. The summed E-state index contributed by atoms with van der Waals surface area (Å²) in [6.07, 6.45) is 8.18. The number of hydrogen-bond donors (Lipinski definition) is 1. The van der Waals surface area contributed by atoms with E-state index in [1.54, 1.807) is 0 Å². The molecule has 0 unspecified atom stereocenters. The van der Waals surface area contributed by atoms with Crippen LogP contribution in [-0.4, -0.2) is 98.0 Å². The zero-order chi connectivity index (χ0) is 22.6. The van der Waals surface area contributed by atoms with Crippen LogP contribution >= 0.6 is 0 Å². The Kier molecular flexibility index (Phi) is 8.08. The second-order valence-electron chi connectivity index (χ2n) is 10.2. The van der Waals surface area contributed by atoms with Gasteiger partial charge >= 0.3 is 6.03 Å². The highest BCUT2D eigenvalue weighted by molar-refractivity contribution is 5.95. The second-order valence-corrected chi connectivity index (χ2v) is 10.2. The van der Waals surface area contributed by atoms with E-state index in [4.69, 9.17) is 9.47 Å². The van der Waals surface area contributed by atoms with Crippen molar-refractivity contribution in [3.05, 3.63) is 0 Å². The molecule has 184 valence electrons. The summed E-state index contributed by atoms with van der Waals surface area (Å²) in [7, 11) is 2.12. The molecule has 3 atom stereocenters. The lowest BCUT2D eigenvalue weighted by Gasteiger charge is -2.49. The third-order valence-corrected chi connectivity index (χ3v) is 7.87. The first-order valence-electron chi connectivity index (χ1n) is 12.8. The Bertz CT molecular complexity index is 654.